The molecule has 2 aromatic carbocycles. The summed E-state index contributed by atoms with van der Waals surface area (Å²) < 4.78 is 20.0. The summed E-state index contributed by atoms with van der Waals surface area (Å²) in [7, 11) is 0. The van der Waals surface area contributed by atoms with E-state index in [2.05, 4.69) is 22.6 Å². The Balaban J connectivity index is 2.21. The van der Waals surface area contributed by atoms with Crippen LogP contribution in [-0.4, -0.2) is 6.04 Å². The maximum Gasteiger partial charge on any atom is 0.138 e. The molecule has 0 bridgehead atoms. The average molecular weight is 371 g/mol. The maximum atomic E-state index is 12.9. The molecule has 2 rings (SSSR count). The summed E-state index contributed by atoms with van der Waals surface area (Å²) in [6.45, 7) is 1.88. The summed E-state index contributed by atoms with van der Waals surface area (Å²) in [5.41, 5.74) is 6.83. The first-order valence-electron chi connectivity index (χ1n) is 5.99. The predicted octanol–water partition coefficient (Wildman–Crippen LogP) is 3.90. The Labute approximate surface area is 125 Å². The molecule has 2 unspecified atom stereocenters. The number of rotatable bonds is 4. The number of hydrogen-bond donors (Lipinski definition) is 1. The number of halogens is 2. The monoisotopic (exact) mass is 371 g/mol. The van der Waals surface area contributed by atoms with Crippen molar-refractivity contribution < 1.29 is 9.13 Å². The quantitative estimate of drug-likeness (QED) is 0.828. The highest BCUT2D eigenvalue weighted by Crippen LogP contribution is 2.25. The van der Waals surface area contributed by atoms with Crippen LogP contribution in [0.1, 0.15) is 18.6 Å². The highest BCUT2D eigenvalue weighted by molar-refractivity contribution is 14.1. The second-order valence-corrected chi connectivity index (χ2v) is 5.65. The normalized spacial score (nSPS) is 13.9. The van der Waals surface area contributed by atoms with Gasteiger partial charge in [-0.1, -0.05) is 12.1 Å². The van der Waals surface area contributed by atoms with Crippen molar-refractivity contribution in [3.8, 4) is 5.75 Å². The third-order valence-corrected chi connectivity index (χ3v) is 3.47. The Hall–Kier alpha value is -1.14. The molecule has 2 nitrogen and oxygen atoms in total. The standard InChI is InChI=1S/C15H15FINO/c1-10(18)15(11-2-4-12(16)5-3-11)19-14-8-6-13(17)7-9-14/h2-10,15H,18H2,1H3. The van der Waals surface area contributed by atoms with Gasteiger partial charge in [0.05, 0.1) is 0 Å². The van der Waals surface area contributed by atoms with Gasteiger partial charge < -0.3 is 10.5 Å². The van der Waals surface area contributed by atoms with Crippen LogP contribution < -0.4 is 10.5 Å². The van der Waals surface area contributed by atoms with Gasteiger partial charge in [-0.15, -0.1) is 0 Å². The lowest BCUT2D eigenvalue weighted by atomic mass is 10.0. The van der Waals surface area contributed by atoms with Crippen LogP contribution in [0.4, 0.5) is 4.39 Å². The van der Waals surface area contributed by atoms with Crippen molar-refractivity contribution in [2.75, 3.05) is 0 Å². The summed E-state index contributed by atoms with van der Waals surface area (Å²) >= 11 is 2.24. The van der Waals surface area contributed by atoms with E-state index in [4.69, 9.17) is 10.5 Å². The Morgan fingerprint density at radius 3 is 2.16 bits per heavy atom. The van der Waals surface area contributed by atoms with Gasteiger partial charge in [0.1, 0.15) is 17.7 Å². The van der Waals surface area contributed by atoms with Crippen molar-refractivity contribution in [1.82, 2.24) is 0 Å². The summed E-state index contributed by atoms with van der Waals surface area (Å²) in [6.07, 6.45) is -0.291. The Kier molecular flexibility index (Phi) is 4.76. The Bertz CT molecular complexity index is 525. The molecule has 0 aliphatic heterocycles. The van der Waals surface area contributed by atoms with Crippen LogP contribution in [0, 0.1) is 9.39 Å². The molecule has 0 amide bonds. The van der Waals surface area contributed by atoms with Crippen molar-refractivity contribution in [3.05, 3.63) is 63.5 Å². The van der Waals surface area contributed by atoms with Crippen molar-refractivity contribution in [3.63, 3.8) is 0 Å². The molecule has 2 atom stereocenters. The molecule has 0 saturated heterocycles. The molecule has 19 heavy (non-hydrogen) atoms. The van der Waals surface area contributed by atoms with E-state index in [1.165, 1.54) is 12.1 Å². The van der Waals surface area contributed by atoms with Crippen molar-refractivity contribution in [2.45, 2.75) is 19.1 Å². The van der Waals surface area contributed by atoms with E-state index in [-0.39, 0.29) is 18.0 Å². The molecular formula is C15H15FINO. The van der Waals surface area contributed by atoms with Gasteiger partial charge in [0.2, 0.25) is 0 Å². The van der Waals surface area contributed by atoms with Crippen LogP contribution in [0.3, 0.4) is 0 Å². The van der Waals surface area contributed by atoms with E-state index >= 15 is 0 Å². The summed E-state index contributed by atoms with van der Waals surface area (Å²) in [5.74, 6) is 0.494. The first-order valence-corrected chi connectivity index (χ1v) is 7.07. The molecule has 0 heterocycles. The van der Waals surface area contributed by atoms with E-state index < -0.39 is 0 Å². The molecule has 100 valence electrons. The largest absolute Gasteiger partial charge is 0.484 e. The highest BCUT2D eigenvalue weighted by atomic mass is 127. The fourth-order valence-corrected chi connectivity index (χ4v) is 2.15. The van der Waals surface area contributed by atoms with Gasteiger partial charge in [0.25, 0.3) is 0 Å². The SMILES string of the molecule is CC(N)C(Oc1ccc(I)cc1)c1ccc(F)cc1. The number of ether oxygens (including phenoxy) is 1. The molecule has 0 saturated carbocycles. The zero-order chi connectivity index (χ0) is 13.8. The summed E-state index contributed by atoms with van der Waals surface area (Å²) in [5, 5.41) is 0. The van der Waals surface area contributed by atoms with Gasteiger partial charge in [0, 0.05) is 9.61 Å². The van der Waals surface area contributed by atoms with Gasteiger partial charge in [-0.25, -0.2) is 4.39 Å². The molecular weight excluding hydrogens is 356 g/mol. The van der Waals surface area contributed by atoms with Gasteiger partial charge in [-0.3, -0.25) is 0 Å². The second kappa shape index (κ2) is 6.34. The number of nitrogens with two attached hydrogens (primary N) is 1. The van der Waals surface area contributed by atoms with Crippen molar-refractivity contribution in [2.24, 2.45) is 5.73 Å². The molecule has 0 aliphatic rings. The fourth-order valence-electron chi connectivity index (χ4n) is 1.79. The fraction of sp³-hybridized carbons (Fsp3) is 0.200. The molecule has 0 radical (unpaired) electrons. The minimum atomic E-state index is -0.291. The van der Waals surface area contributed by atoms with Gasteiger partial charge in [-0.05, 0) is 71.5 Å². The van der Waals surface area contributed by atoms with Crippen LogP contribution in [0.25, 0.3) is 0 Å². The lowest BCUT2D eigenvalue weighted by Gasteiger charge is -2.23. The third-order valence-electron chi connectivity index (χ3n) is 2.75. The molecule has 0 aromatic heterocycles. The number of hydrogen-bond acceptors (Lipinski definition) is 2. The molecule has 0 aliphatic carbocycles. The average Bonchev–Trinajstić information content (AvgIpc) is 2.39. The molecule has 4 heteroatoms. The van der Waals surface area contributed by atoms with Crippen LogP contribution in [0.5, 0.6) is 5.75 Å². The summed E-state index contributed by atoms with van der Waals surface area (Å²) in [6, 6.07) is 13.8. The van der Waals surface area contributed by atoms with Crippen LogP contribution >= 0.6 is 22.6 Å². The van der Waals surface area contributed by atoms with Crippen LogP contribution in [-0.2, 0) is 0 Å². The van der Waals surface area contributed by atoms with E-state index in [0.717, 1.165) is 14.9 Å². The first-order chi connectivity index (χ1) is 9.06. The van der Waals surface area contributed by atoms with Gasteiger partial charge in [0.15, 0.2) is 0 Å². The molecule has 0 spiro atoms. The van der Waals surface area contributed by atoms with Crippen molar-refractivity contribution in [1.29, 1.82) is 0 Å². The number of benzene rings is 2. The third kappa shape index (κ3) is 3.91. The molecule has 2 N–H and O–H groups in total. The smallest absolute Gasteiger partial charge is 0.138 e. The zero-order valence-corrected chi connectivity index (χ0v) is 12.7. The van der Waals surface area contributed by atoms with Crippen LogP contribution in [0.2, 0.25) is 0 Å². The maximum absolute atomic E-state index is 12.9. The van der Waals surface area contributed by atoms with E-state index in [9.17, 15) is 4.39 Å². The molecule has 0 fully saturated rings. The first kappa shape index (κ1) is 14.3. The van der Waals surface area contributed by atoms with Gasteiger partial charge >= 0.3 is 0 Å². The lowest BCUT2D eigenvalue weighted by Crippen LogP contribution is -2.29. The summed E-state index contributed by atoms with van der Waals surface area (Å²) in [4.78, 5) is 0. The lowest BCUT2D eigenvalue weighted by molar-refractivity contribution is 0.180. The van der Waals surface area contributed by atoms with Gasteiger partial charge in [-0.2, -0.15) is 0 Å². The van der Waals surface area contributed by atoms with E-state index in [1.54, 1.807) is 12.1 Å². The minimum absolute atomic E-state index is 0.190. The molecule has 2 aromatic rings. The predicted molar refractivity (Wildman–Crippen MR) is 82.6 cm³/mol. The highest BCUT2D eigenvalue weighted by Gasteiger charge is 2.18. The van der Waals surface area contributed by atoms with E-state index in [1.807, 2.05) is 31.2 Å². The van der Waals surface area contributed by atoms with E-state index in [0.29, 0.717) is 0 Å². The topological polar surface area (TPSA) is 35.2 Å². The Morgan fingerprint density at radius 1 is 1.05 bits per heavy atom. The zero-order valence-electron chi connectivity index (χ0n) is 10.5. The minimum Gasteiger partial charge on any atom is -0.484 e. The van der Waals surface area contributed by atoms with Crippen LogP contribution in [0.15, 0.2) is 48.5 Å². The van der Waals surface area contributed by atoms with Crippen molar-refractivity contribution >= 4 is 22.6 Å². The second-order valence-electron chi connectivity index (χ2n) is 4.40. The Morgan fingerprint density at radius 2 is 1.63 bits per heavy atom.